The molecule has 164 valence electrons. The number of ether oxygens (including phenoxy) is 1. The van der Waals surface area contributed by atoms with E-state index in [0.717, 1.165) is 6.42 Å². The van der Waals surface area contributed by atoms with Crippen LogP contribution in [0.15, 0.2) is 65.7 Å². The zero-order valence-electron chi connectivity index (χ0n) is 18.0. The van der Waals surface area contributed by atoms with Gasteiger partial charge in [-0.05, 0) is 17.5 Å². The molecule has 7 heteroatoms. The molecule has 0 saturated carbocycles. The average molecular weight is 524 g/mol. The zero-order chi connectivity index (χ0) is 20.9. The van der Waals surface area contributed by atoms with Crippen LogP contribution in [-0.2, 0) is 16.0 Å². The molecule has 6 nitrogen and oxygen atoms in total. The predicted octanol–water partition coefficient (Wildman–Crippen LogP) is 2.90. The van der Waals surface area contributed by atoms with E-state index in [1.807, 2.05) is 12.1 Å². The Morgan fingerprint density at radius 1 is 1.03 bits per heavy atom. The van der Waals surface area contributed by atoms with Crippen molar-refractivity contribution in [3.63, 3.8) is 0 Å². The van der Waals surface area contributed by atoms with Gasteiger partial charge in [0, 0.05) is 40.2 Å². The van der Waals surface area contributed by atoms with E-state index in [1.54, 1.807) is 26.1 Å². The van der Waals surface area contributed by atoms with Gasteiger partial charge in [-0.3, -0.25) is 4.79 Å². The van der Waals surface area contributed by atoms with Crippen LogP contribution in [0.25, 0.3) is 0 Å². The third-order valence-electron chi connectivity index (χ3n) is 4.58. The molecule has 1 amide bonds. The van der Waals surface area contributed by atoms with Crippen LogP contribution in [0.4, 0.5) is 0 Å². The number of hydrogen-bond acceptors (Lipinski definition) is 3. The molecule has 0 aromatic heterocycles. The maximum Gasteiger partial charge on any atom is 0.243 e. The Kier molecular flexibility index (Phi) is 12.8. The molecular formula is C23H33IN4O2. The van der Waals surface area contributed by atoms with Gasteiger partial charge in [-0.1, -0.05) is 60.7 Å². The monoisotopic (exact) mass is 524 g/mol. The summed E-state index contributed by atoms with van der Waals surface area (Å²) in [4.78, 5) is 17.9. The van der Waals surface area contributed by atoms with E-state index in [2.05, 4.69) is 64.2 Å². The van der Waals surface area contributed by atoms with Gasteiger partial charge in [0.15, 0.2) is 5.96 Å². The fraction of sp³-hybridized carbons (Fsp3) is 0.391. The second-order valence-corrected chi connectivity index (χ2v) is 7.05. The largest absolute Gasteiger partial charge is 0.383 e. The van der Waals surface area contributed by atoms with Crippen LogP contribution < -0.4 is 10.6 Å². The number of rotatable bonds is 10. The molecule has 0 heterocycles. The number of nitrogens with zero attached hydrogens (tertiary/aromatic N) is 2. The van der Waals surface area contributed by atoms with E-state index in [9.17, 15) is 4.79 Å². The second kappa shape index (κ2) is 14.8. The Balaban J connectivity index is 0.00000450. The molecule has 2 rings (SSSR count). The average Bonchev–Trinajstić information content (AvgIpc) is 2.75. The SMILES string of the molecule is COCCNC(=NCC(=O)N(C)C)NCC(Cc1ccccc1)c1ccccc1.I. The fourth-order valence-corrected chi connectivity index (χ4v) is 2.89. The van der Waals surface area contributed by atoms with E-state index in [1.165, 1.54) is 11.1 Å². The molecule has 0 spiro atoms. The van der Waals surface area contributed by atoms with Gasteiger partial charge in [-0.2, -0.15) is 0 Å². The lowest BCUT2D eigenvalue weighted by Gasteiger charge is -2.21. The molecular weight excluding hydrogens is 491 g/mol. The van der Waals surface area contributed by atoms with Crippen LogP contribution >= 0.6 is 24.0 Å². The first-order chi connectivity index (χ1) is 14.1. The number of halogens is 1. The van der Waals surface area contributed by atoms with Crippen molar-refractivity contribution in [1.82, 2.24) is 15.5 Å². The number of nitrogens with one attached hydrogen (secondary N) is 2. The van der Waals surface area contributed by atoms with Crippen LogP contribution in [0.2, 0.25) is 0 Å². The van der Waals surface area contributed by atoms with Gasteiger partial charge in [0.05, 0.1) is 6.61 Å². The van der Waals surface area contributed by atoms with Crippen molar-refractivity contribution < 1.29 is 9.53 Å². The van der Waals surface area contributed by atoms with E-state index in [-0.39, 0.29) is 42.3 Å². The lowest BCUT2D eigenvalue weighted by atomic mass is 9.92. The van der Waals surface area contributed by atoms with Crippen LogP contribution in [-0.4, -0.2) is 64.2 Å². The summed E-state index contributed by atoms with van der Waals surface area (Å²) in [5.41, 5.74) is 2.56. The lowest BCUT2D eigenvalue weighted by Crippen LogP contribution is -2.42. The van der Waals surface area contributed by atoms with Gasteiger partial charge in [0.2, 0.25) is 5.91 Å². The Labute approximate surface area is 197 Å². The summed E-state index contributed by atoms with van der Waals surface area (Å²) in [7, 11) is 5.12. The van der Waals surface area contributed by atoms with Crippen molar-refractivity contribution in [3.8, 4) is 0 Å². The number of benzene rings is 2. The van der Waals surface area contributed by atoms with E-state index < -0.39 is 0 Å². The number of methoxy groups -OCH3 is 1. The van der Waals surface area contributed by atoms with Crippen molar-refractivity contribution in [2.24, 2.45) is 4.99 Å². The highest BCUT2D eigenvalue weighted by molar-refractivity contribution is 14.0. The predicted molar refractivity (Wildman–Crippen MR) is 134 cm³/mol. The number of aliphatic imine (C=N–C) groups is 1. The summed E-state index contributed by atoms with van der Waals surface area (Å²) in [6.45, 7) is 1.99. The summed E-state index contributed by atoms with van der Waals surface area (Å²) in [5, 5.41) is 6.63. The van der Waals surface area contributed by atoms with E-state index in [0.29, 0.717) is 25.7 Å². The van der Waals surface area contributed by atoms with Crippen LogP contribution in [0, 0.1) is 0 Å². The molecule has 1 unspecified atom stereocenters. The number of carbonyl (C=O) groups excluding carboxylic acids is 1. The molecule has 0 aliphatic heterocycles. The highest BCUT2D eigenvalue weighted by atomic mass is 127. The van der Waals surface area contributed by atoms with Gasteiger partial charge >= 0.3 is 0 Å². The van der Waals surface area contributed by atoms with Crippen LogP contribution in [0.3, 0.4) is 0 Å². The van der Waals surface area contributed by atoms with Crippen molar-refractivity contribution in [2.45, 2.75) is 12.3 Å². The Hall–Kier alpha value is -2.13. The summed E-state index contributed by atoms with van der Waals surface area (Å²) in [6.07, 6.45) is 0.917. The minimum atomic E-state index is -0.0401. The number of likely N-dealkylation sites (N-methyl/N-ethyl adjacent to an activating group) is 1. The van der Waals surface area contributed by atoms with Gasteiger partial charge in [-0.25, -0.2) is 4.99 Å². The van der Waals surface area contributed by atoms with Crippen LogP contribution in [0.5, 0.6) is 0 Å². The standard InChI is InChI=1S/C23H32N4O2.HI/c1-27(2)22(28)18-26-23(24-14-15-29-3)25-17-21(20-12-8-5-9-13-20)16-19-10-6-4-7-11-19;/h4-13,21H,14-18H2,1-3H3,(H2,24,25,26);1H. The molecule has 2 aromatic rings. The number of guanidine groups is 1. The minimum absolute atomic E-state index is 0. The molecule has 0 bridgehead atoms. The van der Waals surface area contributed by atoms with Crippen molar-refractivity contribution >= 4 is 35.8 Å². The molecule has 0 aliphatic rings. The number of hydrogen-bond donors (Lipinski definition) is 2. The number of carbonyl (C=O) groups is 1. The third kappa shape index (κ3) is 9.58. The maximum absolute atomic E-state index is 11.9. The molecule has 0 aliphatic carbocycles. The summed E-state index contributed by atoms with van der Waals surface area (Å²) in [5.74, 6) is 0.852. The first kappa shape index (κ1) is 25.9. The highest BCUT2D eigenvalue weighted by Crippen LogP contribution is 2.20. The lowest BCUT2D eigenvalue weighted by molar-refractivity contribution is -0.127. The summed E-state index contributed by atoms with van der Waals surface area (Å²) in [6, 6.07) is 20.9. The third-order valence-corrected chi connectivity index (χ3v) is 4.58. The first-order valence-electron chi connectivity index (χ1n) is 9.90. The molecule has 30 heavy (non-hydrogen) atoms. The Morgan fingerprint density at radius 3 is 2.27 bits per heavy atom. The Bertz CT molecular complexity index is 754. The quantitative estimate of drug-likeness (QED) is 0.217. The normalized spacial score (nSPS) is 11.9. The molecule has 1 atom stereocenters. The Morgan fingerprint density at radius 2 is 1.67 bits per heavy atom. The minimum Gasteiger partial charge on any atom is -0.383 e. The molecule has 2 N–H and O–H groups in total. The van der Waals surface area contributed by atoms with E-state index >= 15 is 0 Å². The topological polar surface area (TPSA) is 66.0 Å². The van der Waals surface area contributed by atoms with Gasteiger partial charge in [-0.15, -0.1) is 24.0 Å². The maximum atomic E-state index is 11.9. The molecule has 0 saturated heterocycles. The zero-order valence-corrected chi connectivity index (χ0v) is 20.3. The van der Waals surface area contributed by atoms with Crippen molar-refractivity contribution in [2.75, 3.05) is 47.4 Å². The summed E-state index contributed by atoms with van der Waals surface area (Å²) >= 11 is 0. The fourth-order valence-electron chi connectivity index (χ4n) is 2.89. The van der Waals surface area contributed by atoms with E-state index in [4.69, 9.17) is 4.74 Å². The van der Waals surface area contributed by atoms with Gasteiger partial charge in [0.1, 0.15) is 6.54 Å². The highest BCUT2D eigenvalue weighted by Gasteiger charge is 2.14. The van der Waals surface area contributed by atoms with Gasteiger partial charge < -0.3 is 20.3 Å². The summed E-state index contributed by atoms with van der Waals surface area (Å²) < 4.78 is 5.11. The smallest absolute Gasteiger partial charge is 0.243 e. The van der Waals surface area contributed by atoms with Crippen molar-refractivity contribution in [1.29, 1.82) is 0 Å². The molecule has 0 fully saturated rings. The second-order valence-electron chi connectivity index (χ2n) is 7.05. The molecule has 0 radical (unpaired) electrons. The van der Waals surface area contributed by atoms with Crippen molar-refractivity contribution in [3.05, 3.63) is 71.8 Å². The molecule has 2 aromatic carbocycles. The number of amides is 1. The first-order valence-corrected chi connectivity index (χ1v) is 9.90. The van der Waals surface area contributed by atoms with Crippen LogP contribution in [0.1, 0.15) is 17.0 Å². The van der Waals surface area contributed by atoms with Gasteiger partial charge in [0.25, 0.3) is 0 Å².